The minimum atomic E-state index is -0.132. The van der Waals surface area contributed by atoms with Crippen LogP contribution < -0.4 is 22.2 Å². The normalized spacial score (nSPS) is 17.9. The van der Waals surface area contributed by atoms with Crippen LogP contribution in [0.2, 0.25) is 0 Å². The fourth-order valence-corrected chi connectivity index (χ4v) is 2.80. The lowest BCUT2D eigenvalue weighted by Crippen LogP contribution is -2.35. The van der Waals surface area contributed by atoms with Crippen molar-refractivity contribution in [3.8, 4) is 0 Å². The zero-order chi connectivity index (χ0) is 17.1. The van der Waals surface area contributed by atoms with E-state index in [-0.39, 0.29) is 11.9 Å². The van der Waals surface area contributed by atoms with Gasteiger partial charge >= 0.3 is 0 Å². The van der Waals surface area contributed by atoms with Crippen molar-refractivity contribution in [1.29, 1.82) is 0 Å². The molecule has 1 aliphatic heterocycles. The second-order valence-electron chi connectivity index (χ2n) is 6.02. The van der Waals surface area contributed by atoms with Crippen molar-refractivity contribution in [3.63, 3.8) is 0 Å². The van der Waals surface area contributed by atoms with Gasteiger partial charge in [-0.15, -0.1) is 0 Å². The number of rotatable bonds is 4. The molecule has 0 bridgehead atoms. The van der Waals surface area contributed by atoms with Crippen LogP contribution in [0.5, 0.6) is 0 Å². The molecule has 126 valence electrons. The second kappa shape index (κ2) is 6.86. The van der Waals surface area contributed by atoms with E-state index in [1.807, 2.05) is 24.3 Å². The molecule has 6 N–H and O–H groups in total. The van der Waals surface area contributed by atoms with Crippen LogP contribution in [0.3, 0.4) is 0 Å². The number of carbonyl (C=O) groups excluding carboxylic acids is 1. The van der Waals surface area contributed by atoms with Crippen LogP contribution in [0.1, 0.15) is 18.4 Å². The molecule has 0 spiro atoms. The van der Waals surface area contributed by atoms with Gasteiger partial charge in [-0.05, 0) is 42.5 Å². The van der Waals surface area contributed by atoms with Gasteiger partial charge in [0.1, 0.15) is 5.82 Å². The first-order valence-corrected chi connectivity index (χ1v) is 7.92. The van der Waals surface area contributed by atoms with Crippen LogP contribution in [-0.2, 0) is 4.79 Å². The van der Waals surface area contributed by atoms with Gasteiger partial charge in [-0.2, -0.15) is 0 Å². The minimum Gasteiger partial charge on any atom is -0.397 e. The molecule has 0 radical (unpaired) electrons. The predicted octanol–water partition coefficient (Wildman–Crippen LogP) is 0.988. The fourth-order valence-electron chi connectivity index (χ4n) is 2.80. The Balaban J connectivity index is 1.84. The fraction of sp³-hybridized carbons (Fsp3) is 0.294. The van der Waals surface area contributed by atoms with Crippen molar-refractivity contribution in [2.75, 3.05) is 18.9 Å². The summed E-state index contributed by atoms with van der Waals surface area (Å²) in [5, 5.41) is 9.38. The Morgan fingerprint density at radius 3 is 2.96 bits per heavy atom. The number of carbonyl (C=O) groups is 1. The zero-order valence-corrected chi connectivity index (χ0v) is 13.6. The molecule has 0 saturated carbocycles. The number of nitrogens with two attached hydrogens (primary N) is 2. The molecule has 1 fully saturated rings. The molecule has 2 aromatic rings. The first-order valence-electron chi connectivity index (χ1n) is 7.92. The first kappa shape index (κ1) is 16.2. The van der Waals surface area contributed by atoms with Gasteiger partial charge in [0, 0.05) is 24.8 Å². The Kier molecular flexibility index (Phi) is 4.64. The number of aromatic nitrogens is 1. The number of nitrogens with one attached hydrogen (secondary N) is 2. The van der Waals surface area contributed by atoms with Crippen molar-refractivity contribution in [1.82, 2.24) is 15.3 Å². The monoisotopic (exact) mass is 326 g/mol. The highest BCUT2D eigenvalue weighted by Crippen LogP contribution is 2.21. The molecule has 1 aliphatic rings. The number of hydrazine groups is 1. The van der Waals surface area contributed by atoms with Gasteiger partial charge < -0.3 is 21.4 Å². The summed E-state index contributed by atoms with van der Waals surface area (Å²) in [6.45, 7) is 0.883. The van der Waals surface area contributed by atoms with E-state index in [1.165, 1.54) is 5.01 Å². The number of amides is 1. The average molecular weight is 326 g/mol. The standard InChI is InChI=1S/C17H22N6O/c1-23(19)10-14(18)11-4-5-12-9-21-16(8-13(12)7-11)22-17(24)15-3-2-6-20-15/h4-5,7-10,15,20H,2-3,6,18-19H2,1H3,(H,21,22,24)/b14-10-. The van der Waals surface area contributed by atoms with E-state index >= 15 is 0 Å². The number of fused-ring (bicyclic) bond motifs is 1. The molecule has 7 nitrogen and oxygen atoms in total. The van der Waals surface area contributed by atoms with Crippen molar-refractivity contribution in [2.24, 2.45) is 11.6 Å². The van der Waals surface area contributed by atoms with Crippen LogP contribution in [-0.4, -0.2) is 35.5 Å². The average Bonchev–Trinajstić information content (AvgIpc) is 3.08. The summed E-state index contributed by atoms with van der Waals surface area (Å²) in [6.07, 6.45) is 5.27. The maximum Gasteiger partial charge on any atom is 0.242 e. The molecule has 24 heavy (non-hydrogen) atoms. The van der Waals surface area contributed by atoms with E-state index in [4.69, 9.17) is 11.6 Å². The molecule has 1 atom stereocenters. The van der Waals surface area contributed by atoms with E-state index in [0.717, 1.165) is 35.7 Å². The lowest BCUT2D eigenvalue weighted by Gasteiger charge is -2.12. The van der Waals surface area contributed by atoms with Crippen molar-refractivity contribution in [3.05, 3.63) is 42.2 Å². The van der Waals surface area contributed by atoms with Crippen LogP contribution >= 0.6 is 0 Å². The Morgan fingerprint density at radius 2 is 2.25 bits per heavy atom. The zero-order valence-electron chi connectivity index (χ0n) is 13.6. The second-order valence-corrected chi connectivity index (χ2v) is 6.02. The number of benzene rings is 1. The highest BCUT2D eigenvalue weighted by molar-refractivity contribution is 5.96. The van der Waals surface area contributed by atoms with Crippen LogP contribution in [0.4, 0.5) is 5.82 Å². The number of anilines is 1. The van der Waals surface area contributed by atoms with Gasteiger partial charge in [-0.1, -0.05) is 12.1 Å². The summed E-state index contributed by atoms with van der Waals surface area (Å²) in [6, 6.07) is 7.53. The molecule has 1 aromatic heterocycles. The molecule has 1 aromatic carbocycles. The van der Waals surface area contributed by atoms with Crippen LogP contribution in [0.25, 0.3) is 16.5 Å². The highest BCUT2D eigenvalue weighted by atomic mass is 16.2. The first-order chi connectivity index (χ1) is 11.5. The van der Waals surface area contributed by atoms with Gasteiger partial charge in [-0.3, -0.25) is 4.79 Å². The van der Waals surface area contributed by atoms with E-state index in [9.17, 15) is 4.79 Å². The van der Waals surface area contributed by atoms with E-state index in [0.29, 0.717) is 11.5 Å². The molecule has 1 amide bonds. The Labute approximate surface area is 140 Å². The number of nitrogens with zero attached hydrogens (tertiary/aromatic N) is 2. The molecule has 2 heterocycles. The number of hydrogen-bond acceptors (Lipinski definition) is 6. The Hall–Kier alpha value is -2.64. The van der Waals surface area contributed by atoms with Crippen molar-refractivity contribution < 1.29 is 4.79 Å². The lowest BCUT2D eigenvalue weighted by atomic mass is 10.1. The van der Waals surface area contributed by atoms with E-state index in [1.54, 1.807) is 19.4 Å². The van der Waals surface area contributed by atoms with Gasteiger partial charge in [0.2, 0.25) is 5.91 Å². The molecule has 7 heteroatoms. The Bertz CT molecular complexity index is 780. The topological polar surface area (TPSA) is 109 Å². The molecule has 3 rings (SSSR count). The maximum atomic E-state index is 12.2. The minimum absolute atomic E-state index is 0.0420. The third-order valence-electron chi connectivity index (χ3n) is 4.03. The SMILES string of the molecule is CN(N)/C=C(\N)c1ccc2cnc(NC(=O)C3CCCN3)cc2c1. The largest absolute Gasteiger partial charge is 0.397 e. The molecule has 1 unspecified atom stereocenters. The maximum absolute atomic E-state index is 12.2. The van der Waals surface area contributed by atoms with Gasteiger partial charge in [-0.25, -0.2) is 10.8 Å². The van der Waals surface area contributed by atoms with Crippen LogP contribution in [0, 0.1) is 0 Å². The third-order valence-corrected chi connectivity index (χ3v) is 4.03. The molecular formula is C17H22N6O. The van der Waals surface area contributed by atoms with E-state index < -0.39 is 0 Å². The molecule has 1 saturated heterocycles. The van der Waals surface area contributed by atoms with Crippen molar-refractivity contribution >= 4 is 28.2 Å². The quantitative estimate of drug-likeness (QED) is 0.493. The third kappa shape index (κ3) is 3.64. The lowest BCUT2D eigenvalue weighted by molar-refractivity contribution is -0.117. The highest BCUT2D eigenvalue weighted by Gasteiger charge is 2.22. The number of pyridine rings is 1. The van der Waals surface area contributed by atoms with Gasteiger partial charge in [0.15, 0.2) is 0 Å². The molecule has 0 aliphatic carbocycles. The smallest absolute Gasteiger partial charge is 0.242 e. The predicted molar refractivity (Wildman–Crippen MR) is 95.5 cm³/mol. The van der Waals surface area contributed by atoms with Gasteiger partial charge in [0.25, 0.3) is 0 Å². The summed E-state index contributed by atoms with van der Waals surface area (Å²) in [5.74, 6) is 6.09. The summed E-state index contributed by atoms with van der Waals surface area (Å²) in [7, 11) is 1.71. The summed E-state index contributed by atoms with van der Waals surface area (Å²) in [5.41, 5.74) is 7.47. The van der Waals surface area contributed by atoms with E-state index in [2.05, 4.69) is 15.6 Å². The summed E-state index contributed by atoms with van der Waals surface area (Å²) >= 11 is 0. The summed E-state index contributed by atoms with van der Waals surface area (Å²) in [4.78, 5) is 16.5. The van der Waals surface area contributed by atoms with Crippen molar-refractivity contribution in [2.45, 2.75) is 18.9 Å². The van der Waals surface area contributed by atoms with Crippen LogP contribution in [0.15, 0.2) is 36.7 Å². The summed E-state index contributed by atoms with van der Waals surface area (Å²) < 4.78 is 0. The Morgan fingerprint density at radius 1 is 1.42 bits per heavy atom. The molecular weight excluding hydrogens is 304 g/mol. The number of hydrogen-bond donors (Lipinski definition) is 4. The van der Waals surface area contributed by atoms with Gasteiger partial charge in [0.05, 0.1) is 11.7 Å².